The van der Waals surface area contributed by atoms with E-state index < -0.39 is 6.10 Å². The molecule has 0 bridgehead atoms. The Balaban J connectivity index is 1.74. The number of aliphatic hydroxyl groups excluding tert-OH is 1. The Morgan fingerprint density at radius 3 is 2.05 bits per heavy atom. The summed E-state index contributed by atoms with van der Waals surface area (Å²) in [6.45, 7) is 0. The lowest BCUT2D eigenvalue weighted by Crippen LogP contribution is -1.96. The van der Waals surface area contributed by atoms with Gasteiger partial charge in [0.2, 0.25) is 0 Å². The second-order valence-electron chi connectivity index (χ2n) is 5.03. The molecule has 2 aromatic rings. The number of aliphatic hydroxyl groups is 1. The maximum atomic E-state index is 10.0. The van der Waals surface area contributed by atoms with Crippen LogP contribution < -0.4 is 0 Å². The Morgan fingerprint density at radius 1 is 0.857 bits per heavy atom. The highest BCUT2D eigenvalue weighted by Gasteiger charge is 2.06. The Hall–Kier alpha value is -2.26. The van der Waals surface area contributed by atoms with Crippen molar-refractivity contribution in [1.29, 1.82) is 0 Å². The molecule has 2 rings (SSSR count). The van der Waals surface area contributed by atoms with Crippen LogP contribution in [0.4, 0.5) is 0 Å². The van der Waals surface area contributed by atoms with Crippen LogP contribution in [0.5, 0.6) is 11.5 Å². The zero-order valence-electron chi connectivity index (χ0n) is 11.8. The Labute approximate surface area is 124 Å². The van der Waals surface area contributed by atoms with Gasteiger partial charge >= 0.3 is 0 Å². The lowest BCUT2D eigenvalue weighted by molar-refractivity contribution is 0.165. The normalized spacial score (nSPS) is 12.6. The van der Waals surface area contributed by atoms with Gasteiger partial charge in [0, 0.05) is 0 Å². The minimum atomic E-state index is -0.493. The number of allylic oxidation sites excluding steroid dienone is 1. The molecule has 110 valence electrons. The highest BCUT2D eigenvalue weighted by molar-refractivity contribution is 5.50. The van der Waals surface area contributed by atoms with Crippen molar-refractivity contribution in [2.24, 2.45) is 0 Å². The molecular weight excluding hydrogens is 264 g/mol. The van der Waals surface area contributed by atoms with Crippen LogP contribution in [-0.4, -0.2) is 15.3 Å². The molecule has 3 heteroatoms. The van der Waals surface area contributed by atoms with Crippen LogP contribution in [0.1, 0.15) is 36.5 Å². The molecule has 21 heavy (non-hydrogen) atoms. The van der Waals surface area contributed by atoms with Crippen molar-refractivity contribution < 1.29 is 15.3 Å². The first-order chi connectivity index (χ1) is 10.1. The molecule has 0 aliphatic rings. The number of hydrogen-bond donors (Lipinski definition) is 3. The molecule has 0 spiro atoms. The monoisotopic (exact) mass is 284 g/mol. The Kier molecular flexibility index (Phi) is 5.41. The molecule has 0 saturated carbocycles. The molecule has 0 aliphatic heterocycles. The van der Waals surface area contributed by atoms with Crippen molar-refractivity contribution in [2.45, 2.75) is 25.4 Å². The van der Waals surface area contributed by atoms with Gasteiger partial charge in [-0.15, -0.1) is 0 Å². The predicted octanol–water partition coefficient (Wildman–Crippen LogP) is 4.01. The number of rotatable bonds is 6. The summed E-state index contributed by atoms with van der Waals surface area (Å²) in [5.41, 5.74) is 1.88. The summed E-state index contributed by atoms with van der Waals surface area (Å²) < 4.78 is 0. The van der Waals surface area contributed by atoms with Crippen molar-refractivity contribution >= 4 is 6.08 Å². The third-order valence-corrected chi connectivity index (χ3v) is 3.33. The molecular formula is C18H20O3. The fourth-order valence-electron chi connectivity index (χ4n) is 2.10. The third-order valence-electron chi connectivity index (χ3n) is 3.33. The van der Waals surface area contributed by atoms with Gasteiger partial charge in [-0.05, 0) is 54.7 Å². The quantitative estimate of drug-likeness (QED) is 0.702. The van der Waals surface area contributed by atoms with E-state index in [1.807, 2.05) is 18.2 Å². The lowest BCUT2D eigenvalue weighted by atomic mass is 10.0. The molecule has 3 nitrogen and oxygen atoms in total. The summed E-state index contributed by atoms with van der Waals surface area (Å²) in [6, 6.07) is 13.7. The van der Waals surface area contributed by atoms with Crippen LogP contribution >= 0.6 is 0 Å². The van der Waals surface area contributed by atoms with Crippen LogP contribution in [0.3, 0.4) is 0 Å². The standard InChI is InChI=1S/C18H20O3/c19-16-10-6-14(7-11-16)4-2-1-3-5-18(21)15-8-12-17(20)13-9-15/h2,4,6-13,18-21H,1,3,5H2. The van der Waals surface area contributed by atoms with Crippen molar-refractivity contribution in [3.05, 3.63) is 65.7 Å². The second-order valence-corrected chi connectivity index (χ2v) is 5.03. The van der Waals surface area contributed by atoms with E-state index in [1.165, 1.54) is 0 Å². The lowest BCUT2D eigenvalue weighted by Gasteiger charge is -2.10. The average molecular weight is 284 g/mol. The number of benzene rings is 2. The van der Waals surface area contributed by atoms with Crippen molar-refractivity contribution in [3.8, 4) is 11.5 Å². The fourth-order valence-corrected chi connectivity index (χ4v) is 2.10. The van der Waals surface area contributed by atoms with Gasteiger partial charge in [0.05, 0.1) is 6.10 Å². The highest BCUT2D eigenvalue weighted by atomic mass is 16.3. The zero-order chi connectivity index (χ0) is 15.1. The van der Waals surface area contributed by atoms with Gasteiger partial charge in [-0.1, -0.05) is 36.4 Å². The summed E-state index contributed by atoms with van der Waals surface area (Å²) in [4.78, 5) is 0. The summed E-state index contributed by atoms with van der Waals surface area (Å²) >= 11 is 0. The SMILES string of the molecule is Oc1ccc(C=CCCCC(O)c2ccc(O)cc2)cc1. The minimum absolute atomic E-state index is 0.211. The van der Waals surface area contributed by atoms with Crippen molar-refractivity contribution in [1.82, 2.24) is 0 Å². The molecule has 0 aliphatic carbocycles. The number of hydrogen-bond acceptors (Lipinski definition) is 3. The summed E-state index contributed by atoms with van der Waals surface area (Å²) in [5.74, 6) is 0.479. The van der Waals surface area contributed by atoms with Gasteiger partial charge in [0.15, 0.2) is 0 Å². The summed E-state index contributed by atoms with van der Waals surface area (Å²) in [6.07, 6.45) is 6.03. The fraction of sp³-hybridized carbons (Fsp3) is 0.222. The summed E-state index contributed by atoms with van der Waals surface area (Å²) in [7, 11) is 0. The molecule has 2 aromatic carbocycles. The van der Waals surface area contributed by atoms with Gasteiger partial charge in [-0.2, -0.15) is 0 Å². The van der Waals surface area contributed by atoms with Gasteiger partial charge in [0.1, 0.15) is 11.5 Å². The van der Waals surface area contributed by atoms with Gasteiger partial charge in [0.25, 0.3) is 0 Å². The van der Waals surface area contributed by atoms with E-state index in [-0.39, 0.29) is 11.5 Å². The van der Waals surface area contributed by atoms with Crippen LogP contribution in [0.25, 0.3) is 6.08 Å². The largest absolute Gasteiger partial charge is 0.508 e. The van der Waals surface area contributed by atoms with E-state index in [1.54, 1.807) is 36.4 Å². The molecule has 0 saturated heterocycles. The van der Waals surface area contributed by atoms with E-state index in [2.05, 4.69) is 6.08 Å². The maximum absolute atomic E-state index is 10.0. The zero-order valence-corrected chi connectivity index (χ0v) is 11.8. The Bertz CT molecular complexity index is 570. The van der Waals surface area contributed by atoms with Crippen LogP contribution in [0.15, 0.2) is 54.6 Å². The highest BCUT2D eigenvalue weighted by Crippen LogP contribution is 2.21. The molecule has 3 N–H and O–H groups in total. The van der Waals surface area contributed by atoms with Gasteiger partial charge < -0.3 is 15.3 Å². The molecule has 0 aromatic heterocycles. The van der Waals surface area contributed by atoms with Crippen LogP contribution in [0, 0.1) is 0 Å². The van der Waals surface area contributed by atoms with Crippen molar-refractivity contribution in [3.63, 3.8) is 0 Å². The van der Waals surface area contributed by atoms with Crippen LogP contribution in [0.2, 0.25) is 0 Å². The Morgan fingerprint density at radius 2 is 1.43 bits per heavy atom. The topological polar surface area (TPSA) is 60.7 Å². The van der Waals surface area contributed by atoms with Crippen LogP contribution in [-0.2, 0) is 0 Å². The number of aromatic hydroxyl groups is 2. The molecule has 1 unspecified atom stereocenters. The number of phenols is 2. The average Bonchev–Trinajstić information content (AvgIpc) is 2.49. The number of phenolic OH excluding ortho intramolecular Hbond substituents is 2. The van der Waals surface area contributed by atoms with Gasteiger partial charge in [-0.3, -0.25) is 0 Å². The first-order valence-electron chi connectivity index (χ1n) is 7.08. The van der Waals surface area contributed by atoms with E-state index in [4.69, 9.17) is 0 Å². The summed E-state index contributed by atoms with van der Waals surface area (Å²) in [5, 5.41) is 28.4. The van der Waals surface area contributed by atoms with E-state index in [9.17, 15) is 15.3 Å². The van der Waals surface area contributed by atoms with E-state index in [0.29, 0.717) is 6.42 Å². The molecule has 1 atom stereocenters. The van der Waals surface area contributed by atoms with E-state index >= 15 is 0 Å². The second kappa shape index (κ2) is 7.50. The molecule has 0 amide bonds. The van der Waals surface area contributed by atoms with Gasteiger partial charge in [-0.25, -0.2) is 0 Å². The first-order valence-corrected chi connectivity index (χ1v) is 7.08. The number of unbranched alkanes of at least 4 members (excludes halogenated alkanes) is 1. The van der Waals surface area contributed by atoms with E-state index in [0.717, 1.165) is 24.0 Å². The molecule has 0 radical (unpaired) electrons. The maximum Gasteiger partial charge on any atom is 0.115 e. The predicted molar refractivity (Wildman–Crippen MR) is 84.1 cm³/mol. The first kappa shape index (κ1) is 15.1. The van der Waals surface area contributed by atoms with Crippen molar-refractivity contribution in [2.75, 3.05) is 0 Å². The third kappa shape index (κ3) is 4.97. The molecule has 0 heterocycles. The molecule has 0 fully saturated rings. The minimum Gasteiger partial charge on any atom is -0.508 e. The smallest absolute Gasteiger partial charge is 0.115 e.